The van der Waals surface area contributed by atoms with E-state index in [1.54, 1.807) is 28.9 Å². The van der Waals surface area contributed by atoms with Crippen LogP contribution in [0.15, 0.2) is 42.5 Å². The molecule has 30 heavy (non-hydrogen) atoms. The Labute approximate surface area is 188 Å². The molecule has 2 aromatic carbocycles. The van der Waals surface area contributed by atoms with Crippen LogP contribution in [0.2, 0.25) is 10.0 Å². The fraction of sp³-hybridized carbons (Fsp3) is 0.227. The molecule has 0 fully saturated rings. The molecule has 0 bridgehead atoms. The monoisotopic (exact) mass is 458 g/mol. The lowest BCUT2D eigenvalue weighted by Gasteiger charge is -2.18. The van der Waals surface area contributed by atoms with Crippen molar-refractivity contribution in [3.63, 3.8) is 0 Å². The van der Waals surface area contributed by atoms with Crippen LogP contribution in [0.5, 0.6) is 0 Å². The van der Waals surface area contributed by atoms with Crippen LogP contribution >= 0.6 is 34.5 Å². The highest BCUT2D eigenvalue weighted by molar-refractivity contribution is 7.20. The Hall–Kier alpha value is -2.41. The number of aryl methyl sites for hydroxylation is 1. The van der Waals surface area contributed by atoms with Crippen molar-refractivity contribution in [3.8, 4) is 5.13 Å². The normalized spacial score (nSPS) is 11.8. The van der Waals surface area contributed by atoms with Crippen molar-refractivity contribution in [2.45, 2.75) is 33.1 Å². The van der Waals surface area contributed by atoms with Gasteiger partial charge in [0, 0.05) is 11.1 Å². The molecule has 2 heterocycles. The Kier molecular flexibility index (Phi) is 5.34. The number of halogens is 2. The van der Waals surface area contributed by atoms with Crippen LogP contribution in [0, 0.1) is 6.92 Å². The van der Waals surface area contributed by atoms with E-state index in [0.717, 1.165) is 15.9 Å². The summed E-state index contributed by atoms with van der Waals surface area (Å²) < 4.78 is 2.72. The SMILES string of the molecule is Cc1cc(NC(=O)c2ccc(Cl)cc2Cl)n(-c2nc3ccc(C(C)(C)C)cc3s2)n1. The van der Waals surface area contributed by atoms with Crippen molar-refractivity contribution in [1.29, 1.82) is 0 Å². The minimum atomic E-state index is -0.339. The minimum absolute atomic E-state index is 0.0532. The van der Waals surface area contributed by atoms with E-state index in [9.17, 15) is 4.79 Å². The molecule has 0 atom stereocenters. The van der Waals surface area contributed by atoms with Gasteiger partial charge in [-0.2, -0.15) is 9.78 Å². The van der Waals surface area contributed by atoms with Gasteiger partial charge in [0.05, 0.1) is 26.5 Å². The summed E-state index contributed by atoms with van der Waals surface area (Å²) in [5.74, 6) is 0.188. The van der Waals surface area contributed by atoms with Gasteiger partial charge in [-0.05, 0) is 48.2 Å². The predicted octanol–water partition coefficient (Wildman–Crippen LogP) is 6.65. The molecule has 0 radical (unpaired) electrons. The summed E-state index contributed by atoms with van der Waals surface area (Å²) in [6.45, 7) is 8.42. The molecule has 0 aliphatic carbocycles. The van der Waals surface area contributed by atoms with Crippen LogP contribution in [-0.4, -0.2) is 20.7 Å². The van der Waals surface area contributed by atoms with Gasteiger partial charge >= 0.3 is 0 Å². The van der Waals surface area contributed by atoms with Gasteiger partial charge in [-0.1, -0.05) is 61.4 Å². The Morgan fingerprint density at radius 2 is 1.87 bits per heavy atom. The van der Waals surface area contributed by atoms with E-state index >= 15 is 0 Å². The summed E-state index contributed by atoms with van der Waals surface area (Å²) in [7, 11) is 0. The molecule has 0 saturated heterocycles. The maximum Gasteiger partial charge on any atom is 0.258 e. The number of rotatable bonds is 3. The van der Waals surface area contributed by atoms with Crippen molar-refractivity contribution in [2.24, 2.45) is 0 Å². The van der Waals surface area contributed by atoms with E-state index in [0.29, 0.717) is 21.5 Å². The molecular formula is C22H20Cl2N4OS. The topological polar surface area (TPSA) is 59.8 Å². The number of aromatic nitrogens is 3. The number of benzene rings is 2. The molecule has 4 aromatic rings. The highest BCUT2D eigenvalue weighted by Crippen LogP contribution is 2.32. The number of nitrogens with zero attached hydrogens (tertiary/aromatic N) is 3. The van der Waals surface area contributed by atoms with E-state index in [1.165, 1.54) is 16.9 Å². The molecule has 8 heteroatoms. The van der Waals surface area contributed by atoms with Gasteiger partial charge < -0.3 is 5.32 Å². The minimum Gasteiger partial charge on any atom is -0.306 e. The smallest absolute Gasteiger partial charge is 0.258 e. The third-order valence-corrected chi connectivity index (χ3v) is 6.21. The first kappa shape index (κ1) is 20.8. The van der Waals surface area contributed by atoms with Crippen LogP contribution < -0.4 is 5.32 Å². The molecule has 1 amide bonds. The van der Waals surface area contributed by atoms with E-state index < -0.39 is 0 Å². The first-order valence-electron chi connectivity index (χ1n) is 9.36. The lowest BCUT2D eigenvalue weighted by molar-refractivity contribution is 0.102. The summed E-state index contributed by atoms with van der Waals surface area (Å²) in [6, 6.07) is 12.9. The quantitative estimate of drug-likeness (QED) is 0.373. The zero-order chi connectivity index (χ0) is 21.6. The van der Waals surface area contributed by atoms with Crippen LogP contribution in [0.1, 0.15) is 42.4 Å². The molecule has 2 aromatic heterocycles. The number of carbonyl (C=O) groups excluding carboxylic acids is 1. The average Bonchev–Trinajstić information content (AvgIpc) is 3.23. The third-order valence-electron chi connectivity index (χ3n) is 4.67. The van der Waals surface area contributed by atoms with Crippen LogP contribution in [0.4, 0.5) is 5.82 Å². The second-order valence-electron chi connectivity index (χ2n) is 8.09. The van der Waals surface area contributed by atoms with E-state index in [1.807, 2.05) is 13.0 Å². The lowest BCUT2D eigenvalue weighted by atomic mass is 9.87. The highest BCUT2D eigenvalue weighted by Gasteiger charge is 2.19. The summed E-state index contributed by atoms with van der Waals surface area (Å²) in [5.41, 5.74) is 3.30. The Bertz CT molecular complexity index is 1270. The van der Waals surface area contributed by atoms with Crippen molar-refractivity contribution < 1.29 is 4.79 Å². The van der Waals surface area contributed by atoms with Gasteiger partial charge in [0.25, 0.3) is 5.91 Å². The number of fused-ring (bicyclic) bond motifs is 1. The lowest BCUT2D eigenvalue weighted by Crippen LogP contribution is -2.15. The van der Waals surface area contributed by atoms with Crippen LogP contribution in [0.3, 0.4) is 0 Å². The zero-order valence-electron chi connectivity index (χ0n) is 17.0. The molecule has 4 rings (SSSR count). The molecule has 0 unspecified atom stereocenters. The summed E-state index contributed by atoms with van der Waals surface area (Å²) in [6.07, 6.45) is 0. The van der Waals surface area contributed by atoms with E-state index in [4.69, 9.17) is 28.2 Å². The van der Waals surface area contributed by atoms with E-state index in [2.05, 4.69) is 43.3 Å². The molecular weight excluding hydrogens is 439 g/mol. The Morgan fingerprint density at radius 1 is 1.10 bits per heavy atom. The van der Waals surface area contributed by atoms with Crippen molar-refractivity contribution >= 4 is 56.5 Å². The fourth-order valence-corrected chi connectivity index (χ4v) is 4.53. The maximum atomic E-state index is 12.8. The molecule has 0 aliphatic heterocycles. The second-order valence-corrected chi connectivity index (χ2v) is 9.94. The first-order valence-corrected chi connectivity index (χ1v) is 10.9. The third kappa shape index (κ3) is 4.08. The van der Waals surface area contributed by atoms with Crippen LogP contribution in [-0.2, 0) is 5.41 Å². The van der Waals surface area contributed by atoms with E-state index in [-0.39, 0.29) is 16.3 Å². The standard InChI is InChI=1S/C22H20Cl2N4OS/c1-12-9-19(26-20(29)15-7-6-14(23)11-16(15)24)28(27-12)21-25-17-8-5-13(22(2,3)4)10-18(17)30-21/h5-11H,1-4H3,(H,26,29). The highest BCUT2D eigenvalue weighted by atomic mass is 35.5. The number of thiazole rings is 1. The summed E-state index contributed by atoms with van der Waals surface area (Å²) in [4.78, 5) is 17.5. The fourth-order valence-electron chi connectivity index (χ4n) is 3.06. The molecule has 0 saturated carbocycles. The van der Waals surface area contributed by atoms with Crippen molar-refractivity contribution in [1.82, 2.24) is 14.8 Å². The van der Waals surface area contributed by atoms with Crippen LogP contribution in [0.25, 0.3) is 15.3 Å². The average molecular weight is 459 g/mol. The Morgan fingerprint density at radius 3 is 2.57 bits per heavy atom. The largest absolute Gasteiger partial charge is 0.306 e. The number of hydrogen-bond donors (Lipinski definition) is 1. The van der Waals surface area contributed by atoms with Crippen molar-refractivity contribution in [3.05, 3.63) is 69.3 Å². The van der Waals surface area contributed by atoms with Gasteiger partial charge in [-0.25, -0.2) is 4.98 Å². The van der Waals surface area contributed by atoms with Gasteiger partial charge in [0.1, 0.15) is 5.82 Å². The molecule has 154 valence electrons. The molecule has 1 N–H and O–H groups in total. The van der Waals surface area contributed by atoms with Crippen molar-refractivity contribution in [2.75, 3.05) is 5.32 Å². The number of anilines is 1. The number of hydrogen-bond acceptors (Lipinski definition) is 4. The molecule has 5 nitrogen and oxygen atoms in total. The first-order chi connectivity index (χ1) is 14.1. The predicted molar refractivity (Wildman–Crippen MR) is 125 cm³/mol. The summed E-state index contributed by atoms with van der Waals surface area (Å²) in [5, 5.41) is 8.86. The molecule has 0 aliphatic rings. The number of nitrogens with one attached hydrogen (secondary N) is 1. The maximum absolute atomic E-state index is 12.8. The number of carbonyl (C=O) groups is 1. The van der Waals surface area contributed by atoms with Gasteiger partial charge in [0.2, 0.25) is 5.13 Å². The van der Waals surface area contributed by atoms with Gasteiger partial charge in [-0.3, -0.25) is 4.79 Å². The summed E-state index contributed by atoms with van der Waals surface area (Å²) >= 11 is 13.6. The van der Waals surface area contributed by atoms with Gasteiger partial charge in [0.15, 0.2) is 0 Å². The molecule has 0 spiro atoms. The second kappa shape index (κ2) is 7.69. The van der Waals surface area contributed by atoms with Gasteiger partial charge in [-0.15, -0.1) is 0 Å². The zero-order valence-corrected chi connectivity index (χ0v) is 19.3. The Balaban J connectivity index is 1.70. The number of amides is 1.